The SMILES string of the molecule is CCCCOc1c(C)c(CO)nc2ccccc12. The van der Waals surface area contributed by atoms with E-state index in [9.17, 15) is 5.11 Å². The third-order valence-corrected chi connectivity index (χ3v) is 3.07. The van der Waals surface area contributed by atoms with Crippen molar-refractivity contribution in [3.8, 4) is 5.75 Å². The predicted octanol–water partition coefficient (Wildman–Crippen LogP) is 3.21. The summed E-state index contributed by atoms with van der Waals surface area (Å²) in [5, 5.41) is 10.4. The molecule has 0 aliphatic rings. The van der Waals surface area contributed by atoms with Crippen molar-refractivity contribution in [2.24, 2.45) is 0 Å². The Balaban J connectivity index is 2.48. The first-order chi connectivity index (χ1) is 8.77. The van der Waals surface area contributed by atoms with E-state index >= 15 is 0 Å². The van der Waals surface area contributed by atoms with Gasteiger partial charge in [0.05, 0.1) is 24.4 Å². The molecule has 0 radical (unpaired) electrons. The molecular formula is C15H19NO2. The fourth-order valence-electron chi connectivity index (χ4n) is 1.98. The Morgan fingerprint density at radius 1 is 1.28 bits per heavy atom. The Hall–Kier alpha value is -1.61. The van der Waals surface area contributed by atoms with E-state index in [-0.39, 0.29) is 6.61 Å². The molecule has 0 unspecified atom stereocenters. The van der Waals surface area contributed by atoms with Crippen LogP contribution in [0.4, 0.5) is 0 Å². The second-order valence-corrected chi connectivity index (χ2v) is 4.39. The van der Waals surface area contributed by atoms with Crippen molar-refractivity contribution in [3.05, 3.63) is 35.5 Å². The minimum Gasteiger partial charge on any atom is -0.493 e. The molecule has 18 heavy (non-hydrogen) atoms. The van der Waals surface area contributed by atoms with Gasteiger partial charge in [-0.1, -0.05) is 25.5 Å². The number of aliphatic hydroxyl groups is 1. The van der Waals surface area contributed by atoms with Crippen LogP contribution in [0, 0.1) is 6.92 Å². The lowest BCUT2D eigenvalue weighted by molar-refractivity contribution is 0.273. The zero-order valence-electron chi connectivity index (χ0n) is 10.9. The molecule has 1 N–H and O–H groups in total. The summed E-state index contributed by atoms with van der Waals surface area (Å²) in [5.74, 6) is 0.859. The second kappa shape index (κ2) is 5.83. The van der Waals surface area contributed by atoms with Crippen LogP contribution in [0.25, 0.3) is 10.9 Å². The number of nitrogens with zero attached hydrogens (tertiary/aromatic N) is 1. The van der Waals surface area contributed by atoms with Gasteiger partial charge in [0, 0.05) is 10.9 Å². The molecule has 0 atom stereocenters. The first kappa shape index (κ1) is 12.8. The Labute approximate surface area is 107 Å². The van der Waals surface area contributed by atoms with Crippen molar-refractivity contribution in [1.82, 2.24) is 4.98 Å². The normalized spacial score (nSPS) is 10.8. The van der Waals surface area contributed by atoms with Gasteiger partial charge in [-0.25, -0.2) is 4.98 Å². The van der Waals surface area contributed by atoms with E-state index in [1.54, 1.807) is 0 Å². The molecule has 2 aromatic rings. The van der Waals surface area contributed by atoms with Crippen LogP contribution in [0.1, 0.15) is 31.0 Å². The Kier molecular flexibility index (Phi) is 4.15. The van der Waals surface area contributed by atoms with Crippen LogP contribution in [0.15, 0.2) is 24.3 Å². The lowest BCUT2D eigenvalue weighted by Crippen LogP contribution is -2.03. The number of aromatic nitrogens is 1. The lowest BCUT2D eigenvalue weighted by atomic mass is 10.1. The van der Waals surface area contributed by atoms with Gasteiger partial charge >= 0.3 is 0 Å². The highest BCUT2D eigenvalue weighted by atomic mass is 16.5. The highest BCUT2D eigenvalue weighted by molar-refractivity contribution is 5.86. The number of hydrogen-bond donors (Lipinski definition) is 1. The number of pyridine rings is 1. The molecule has 0 spiro atoms. The molecule has 0 aliphatic heterocycles. The Bertz CT molecular complexity index is 537. The van der Waals surface area contributed by atoms with E-state index in [1.807, 2.05) is 31.2 Å². The highest BCUT2D eigenvalue weighted by Gasteiger charge is 2.11. The summed E-state index contributed by atoms with van der Waals surface area (Å²) in [4.78, 5) is 4.45. The molecule has 3 nitrogen and oxygen atoms in total. The smallest absolute Gasteiger partial charge is 0.133 e. The molecule has 1 aromatic heterocycles. The molecule has 0 saturated carbocycles. The molecule has 2 rings (SSSR count). The van der Waals surface area contributed by atoms with Gasteiger partial charge in [-0.2, -0.15) is 0 Å². The zero-order valence-corrected chi connectivity index (χ0v) is 10.9. The maximum atomic E-state index is 9.36. The van der Waals surface area contributed by atoms with E-state index in [4.69, 9.17) is 4.74 Å². The van der Waals surface area contributed by atoms with Gasteiger partial charge in [0.2, 0.25) is 0 Å². The maximum Gasteiger partial charge on any atom is 0.133 e. The second-order valence-electron chi connectivity index (χ2n) is 4.39. The number of ether oxygens (including phenoxy) is 1. The summed E-state index contributed by atoms with van der Waals surface area (Å²) in [5.41, 5.74) is 2.51. The van der Waals surface area contributed by atoms with Crippen molar-refractivity contribution in [3.63, 3.8) is 0 Å². The van der Waals surface area contributed by atoms with Crippen molar-refractivity contribution < 1.29 is 9.84 Å². The molecule has 1 aromatic carbocycles. The quantitative estimate of drug-likeness (QED) is 0.822. The van der Waals surface area contributed by atoms with Crippen LogP contribution >= 0.6 is 0 Å². The molecule has 3 heteroatoms. The van der Waals surface area contributed by atoms with Crippen molar-refractivity contribution in [2.45, 2.75) is 33.3 Å². The first-order valence-electron chi connectivity index (χ1n) is 6.39. The van der Waals surface area contributed by atoms with Crippen molar-refractivity contribution in [2.75, 3.05) is 6.61 Å². The summed E-state index contributed by atoms with van der Waals surface area (Å²) in [7, 11) is 0. The minimum atomic E-state index is -0.0548. The van der Waals surface area contributed by atoms with Gasteiger partial charge in [-0.3, -0.25) is 0 Å². The van der Waals surface area contributed by atoms with E-state index in [2.05, 4.69) is 11.9 Å². The summed E-state index contributed by atoms with van der Waals surface area (Å²) in [6.07, 6.45) is 2.14. The predicted molar refractivity (Wildman–Crippen MR) is 72.8 cm³/mol. The van der Waals surface area contributed by atoms with E-state index in [0.717, 1.165) is 35.1 Å². The molecule has 96 valence electrons. The topological polar surface area (TPSA) is 42.4 Å². The van der Waals surface area contributed by atoms with E-state index in [1.165, 1.54) is 0 Å². The fraction of sp³-hybridized carbons (Fsp3) is 0.400. The van der Waals surface area contributed by atoms with Crippen molar-refractivity contribution >= 4 is 10.9 Å². The number of benzene rings is 1. The molecular weight excluding hydrogens is 226 g/mol. The molecule has 1 heterocycles. The molecule has 0 amide bonds. The summed E-state index contributed by atoms with van der Waals surface area (Å²) >= 11 is 0. The highest BCUT2D eigenvalue weighted by Crippen LogP contribution is 2.30. The number of hydrogen-bond acceptors (Lipinski definition) is 3. The fourth-order valence-corrected chi connectivity index (χ4v) is 1.98. The Morgan fingerprint density at radius 3 is 2.78 bits per heavy atom. The van der Waals surface area contributed by atoms with Gasteiger partial charge in [0.25, 0.3) is 0 Å². The summed E-state index contributed by atoms with van der Waals surface area (Å²) in [6, 6.07) is 7.88. The molecule has 0 saturated heterocycles. The number of aliphatic hydroxyl groups excluding tert-OH is 1. The van der Waals surface area contributed by atoms with Crippen molar-refractivity contribution in [1.29, 1.82) is 0 Å². The van der Waals surface area contributed by atoms with Gasteiger partial charge in [-0.05, 0) is 25.5 Å². The lowest BCUT2D eigenvalue weighted by Gasteiger charge is -2.14. The molecule has 0 fully saturated rings. The third-order valence-electron chi connectivity index (χ3n) is 3.07. The van der Waals surface area contributed by atoms with Crippen LogP contribution < -0.4 is 4.74 Å². The molecule has 0 aliphatic carbocycles. The van der Waals surface area contributed by atoms with E-state index in [0.29, 0.717) is 12.3 Å². The Morgan fingerprint density at radius 2 is 2.06 bits per heavy atom. The average Bonchev–Trinajstić information content (AvgIpc) is 2.41. The van der Waals surface area contributed by atoms with Crippen LogP contribution in [-0.2, 0) is 6.61 Å². The van der Waals surface area contributed by atoms with Gasteiger partial charge in [0.1, 0.15) is 5.75 Å². The largest absolute Gasteiger partial charge is 0.493 e. The monoisotopic (exact) mass is 245 g/mol. The van der Waals surface area contributed by atoms with Gasteiger partial charge in [0.15, 0.2) is 0 Å². The van der Waals surface area contributed by atoms with Gasteiger partial charge in [-0.15, -0.1) is 0 Å². The van der Waals surface area contributed by atoms with Gasteiger partial charge < -0.3 is 9.84 Å². The number of unbranched alkanes of at least 4 members (excludes halogenated alkanes) is 1. The summed E-state index contributed by atoms with van der Waals surface area (Å²) in [6.45, 7) is 4.74. The first-order valence-corrected chi connectivity index (χ1v) is 6.39. The number of rotatable bonds is 5. The van der Waals surface area contributed by atoms with Crippen LogP contribution in [0.2, 0.25) is 0 Å². The third kappa shape index (κ3) is 2.46. The number of para-hydroxylation sites is 1. The van der Waals surface area contributed by atoms with Crippen LogP contribution in [0.5, 0.6) is 5.75 Å². The molecule has 0 bridgehead atoms. The standard InChI is InChI=1S/C15H19NO2/c1-3-4-9-18-15-11(2)14(10-17)16-13-8-6-5-7-12(13)15/h5-8,17H,3-4,9-10H2,1-2H3. The maximum absolute atomic E-state index is 9.36. The average molecular weight is 245 g/mol. The van der Waals surface area contributed by atoms with Crippen LogP contribution in [0.3, 0.4) is 0 Å². The zero-order chi connectivity index (χ0) is 13.0. The van der Waals surface area contributed by atoms with Crippen LogP contribution in [-0.4, -0.2) is 16.7 Å². The minimum absolute atomic E-state index is 0.0548. The van der Waals surface area contributed by atoms with E-state index < -0.39 is 0 Å². The number of fused-ring (bicyclic) bond motifs is 1. The summed E-state index contributed by atoms with van der Waals surface area (Å²) < 4.78 is 5.88.